The van der Waals surface area contributed by atoms with Gasteiger partial charge < -0.3 is 25.7 Å². The molecule has 0 radical (unpaired) electrons. The number of aliphatic hydroxyl groups excluding tert-OH is 1. The zero-order valence-electron chi connectivity index (χ0n) is 25.2. The number of likely N-dealkylation sites (tertiary alicyclic amines) is 1. The number of rotatable bonds is 9. The van der Waals surface area contributed by atoms with E-state index in [9.17, 15) is 33.4 Å². The predicted octanol–water partition coefficient (Wildman–Crippen LogP) is 4.18. The molecular weight excluding hydrogens is 594 g/mol. The second-order valence-corrected chi connectivity index (χ2v) is 11.9. The van der Waals surface area contributed by atoms with Crippen molar-refractivity contribution in [3.05, 3.63) is 100 Å². The van der Waals surface area contributed by atoms with Crippen LogP contribution in [0.5, 0.6) is 5.75 Å². The Morgan fingerprint density at radius 2 is 1.71 bits per heavy atom. The van der Waals surface area contributed by atoms with Crippen molar-refractivity contribution in [2.45, 2.75) is 64.8 Å². The molecule has 0 bridgehead atoms. The van der Waals surface area contributed by atoms with E-state index in [-0.39, 0.29) is 41.0 Å². The molecule has 1 aliphatic rings. The highest BCUT2D eigenvalue weighted by Crippen LogP contribution is 2.48. The van der Waals surface area contributed by atoms with Gasteiger partial charge in [-0.3, -0.25) is 14.4 Å². The fourth-order valence-electron chi connectivity index (χ4n) is 5.52. The normalized spacial score (nSPS) is 18.2. The highest BCUT2D eigenvalue weighted by molar-refractivity contribution is 5.97. The van der Waals surface area contributed by atoms with Crippen LogP contribution < -0.4 is 10.6 Å². The van der Waals surface area contributed by atoms with Crippen LogP contribution in [0.3, 0.4) is 0 Å². The quantitative estimate of drug-likeness (QED) is 0.265. The van der Waals surface area contributed by atoms with E-state index >= 15 is 8.78 Å². The minimum Gasteiger partial charge on any atom is -0.508 e. The Labute approximate surface area is 258 Å². The molecule has 0 saturated carbocycles. The van der Waals surface area contributed by atoms with E-state index in [0.717, 1.165) is 19.9 Å². The molecule has 3 atom stereocenters. The molecule has 0 unspecified atom stereocenters. The lowest BCUT2D eigenvalue weighted by atomic mass is 9.81. The van der Waals surface area contributed by atoms with Crippen LogP contribution in [0.4, 0.5) is 17.6 Å². The monoisotopic (exact) mass is 629 g/mol. The lowest BCUT2D eigenvalue weighted by molar-refractivity contribution is -0.148. The van der Waals surface area contributed by atoms with Gasteiger partial charge in [0.2, 0.25) is 5.91 Å². The van der Waals surface area contributed by atoms with Crippen molar-refractivity contribution in [3.63, 3.8) is 0 Å². The van der Waals surface area contributed by atoms with Crippen LogP contribution in [0.25, 0.3) is 0 Å². The summed E-state index contributed by atoms with van der Waals surface area (Å²) in [6.45, 7) is 3.81. The van der Waals surface area contributed by atoms with Gasteiger partial charge in [0.15, 0.2) is 6.10 Å². The summed E-state index contributed by atoms with van der Waals surface area (Å²) in [7, 11) is 0. The van der Waals surface area contributed by atoms with E-state index in [0.29, 0.717) is 10.5 Å². The first-order valence-corrected chi connectivity index (χ1v) is 14.3. The number of aromatic hydroxyl groups is 1. The van der Waals surface area contributed by atoms with Crippen molar-refractivity contribution in [1.29, 1.82) is 0 Å². The van der Waals surface area contributed by atoms with Gasteiger partial charge in [-0.15, -0.1) is 0 Å². The molecule has 45 heavy (non-hydrogen) atoms. The standard InChI is InChI=1S/C33H35F4N3O5/c1-18-12-23(19(2)26(41)13-18)29(43)39-25(15-20-8-7-10-22(34)14-20)27(42)31(45)40-17-33(36,37)32(3,4)28(40)30(44)38-16-21-9-5-6-11-24(21)35/h5-14,25,27-28,41-42H,15-17H2,1-4H3,(H,38,44)(H,39,43)/t25-,27-,28-/m0/s1. The average molecular weight is 630 g/mol. The molecule has 0 aliphatic carbocycles. The number of phenolic OH excluding ortho intramolecular Hbond substituents is 1. The number of halogens is 4. The number of hydrogen-bond donors (Lipinski definition) is 4. The summed E-state index contributed by atoms with van der Waals surface area (Å²) < 4.78 is 58.8. The first kappa shape index (κ1) is 33.4. The lowest BCUT2D eigenvalue weighted by Crippen LogP contribution is -2.57. The Kier molecular flexibility index (Phi) is 9.57. The van der Waals surface area contributed by atoms with Crippen molar-refractivity contribution in [1.82, 2.24) is 15.5 Å². The van der Waals surface area contributed by atoms with E-state index in [2.05, 4.69) is 10.6 Å². The first-order chi connectivity index (χ1) is 21.0. The summed E-state index contributed by atoms with van der Waals surface area (Å²) in [5.74, 6) is -8.01. The topological polar surface area (TPSA) is 119 Å². The minimum absolute atomic E-state index is 0.0376. The Balaban J connectivity index is 1.65. The maximum atomic E-state index is 15.3. The van der Waals surface area contributed by atoms with Gasteiger partial charge in [0.05, 0.1) is 18.0 Å². The fourth-order valence-corrected chi connectivity index (χ4v) is 5.52. The summed E-state index contributed by atoms with van der Waals surface area (Å²) in [4.78, 5) is 41.1. The molecular formula is C33H35F4N3O5. The number of alkyl halides is 2. The number of benzene rings is 3. The second kappa shape index (κ2) is 12.9. The molecule has 0 aromatic heterocycles. The number of hydrogen-bond acceptors (Lipinski definition) is 5. The molecule has 3 amide bonds. The van der Waals surface area contributed by atoms with Gasteiger partial charge in [0, 0.05) is 23.2 Å². The van der Waals surface area contributed by atoms with Crippen LogP contribution in [0.2, 0.25) is 0 Å². The predicted molar refractivity (Wildman–Crippen MR) is 157 cm³/mol. The van der Waals surface area contributed by atoms with Gasteiger partial charge >= 0.3 is 0 Å². The van der Waals surface area contributed by atoms with Gasteiger partial charge in [-0.05, 0) is 61.7 Å². The number of aliphatic hydroxyl groups is 1. The fraction of sp³-hybridized carbons (Fsp3) is 0.364. The minimum atomic E-state index is -3.57. The molecule has 3 aromatic rings. The zero-order chi connectivity index (χ0) is 33.3. The van der Waals surface area contributed by atoms with Gasteiger partial charge in [0.1, 0.15) is 23.4 Å². The highest BCUT2D eigenvalue weighted by atomic mass is 19.3. The Morgan fingerprint density at radius 3 is 2.38 bits per heavy atom. The average Bonchev–Trinajstić information content (AvgIpc) is 3.16. The third-order valence-electron chi connectivity index (χ3n) is 8.31. The van der Waals surface area contributed by atoms with Crippen LogP contribution in [-0.4, -0.2) is 63.5 Å². The molecule has 4 rings (SSSR count). The molecule has 12 heteroatoms. The molecule has 240 valence electrons. The van der Waals surface area contributed by atoms with Crippen LogP contribution in [-0.2, 0) is 22.6 Å². The van der Waals surface area contributed by atoms with Crippen LogP contribution >= 0.6 is 0 Å². The third-order valence-corrected chi connectivity index (χ3v) is 8.31. The summed E-state index contributed by atoms with van der Waals surface area (Å²) >= 11 is 0. The maximum Gasteiger partial charge on any atom is 0.272 e. The summed E-state index contributed by atoms with van der Waals surface area (Å²) in [5, 5.41) is 26.5. The Bertz CT molecular complexity index is 1610. The van der Waals surface area contributed by atoms with Crippen molar-refractivity contribution in [2.24, 2.45) is 5.41 Å². The van der Waals surface area contributed by atoms with Crippen molar-refractivity contribution >= 4 is 17.7 Å². The number of carbonyl (C=O) groups is 3. The highest BCUT2D eigenvalue weighted by Gasteiger charge is 2.64. The molecule has 4 N–H and O–H groups in total. The SMILES string of the molecule is Cc1cc(O)c(C)c(C(=O)N[C@@H](Cc2cccc(F)c2)[C@H](O)C(=O)N2CC(F)(F)C(C)(C)[C@@H]2C(=O)NCc2ccccc2F)c1. The lowest BCUT2D eigenvalue weighted by Gasteiger charge is -2.34. The van der Waals surface area contributed by atoms with E-state index in [1.165, 1.54) is 61.5 Å². The van der Waals surface area contributed by atoms with E-state index in [1.807, 2.05) is 0 Å². The second-order valence-electron chi connectivity index (χ2n) is 11.9. The number of nitrogens with zero attached hydrogens (tertiary/aromatic N) is 1. The zero-order valence-corrected chi connectivity index (χ0v) is 25.2. The Morgan fingerprint density at radius 1 is 1.02 bits per heavy atom. The summed E-state index contributed by atoms with van der Waals surface area (Å²) in [5.41, 5.74) is -0.915. The number of phenols is 1. The molecule has 1 heterocycles. The van der Waals surface area contributed by atoms with Crippen LogP contribution in [0.15, 0.2) is 60.7 Å². The van der Waals surface area contributed by atoms with Crippen molar-refractivity contribution in [2.75, 3.05) is 6.54 Å². The van der Waals surface area contributed by atoms with E-state index in [1.54, 1.807) is 6.92 Å². The number of aryl methyl sites for hydroxylation is 1. The Hall–Kier alpha value is -4.45. The smallest absolute Gasteiger partial charge is 0.272 e. The third kappa shape index (κ3) is 6.95. The summed E-state index contributed by atoms with van der Waals surface area (Å²) in [6, 6.07) is 10.5. The van der Waals surface area contributed by atoms with Gasteiger partial charge in [-0.25, -0.2) is 17.6 Å². The van der Waals surface area contributed by atoms with Gasteiger partial charge in [0.25, 0.3) is 17.7 Å². The maximum absolute atomic E-state index is 15.3. The molecule has 1 aliphatic heterocycles. The molecule has 8 nitrogen and oxygen atoms in total. The number of amides is 3. The van der Waals surface area contributed by atoms with Gasteiger partial charge in [-0.1, -0.05) is 44.2 Å². The molecule has 1 fully saturated rings. The summed E-state index contributed by atoms with van der Waals surface area (Å²) in [6.07, 6.45) is -2.44. The van der Waals surface area contributed by atoms with Crippen LogP contribution in [0, 0.1) is 30.9 Å². The van der Waals surface area contributed by atoms with Crippen LogP contribution in [0.1, 0.15) is 46.5 Å². The van der Waals surface area contributed by atoms with Crippen molar-refractivity contribution in [3.8, 4) is 5.75 Å². The van der Waals surface area contributed by atoms with E-state index in [4.69, 9.17) is 0 Å². The van der Waals surface area contributed by atoms with Gasteiger partial charge in [-0.2, -0.15) is 0 Å². The molecule has 1 saturated heterocycles. The van der Waals surface area contributed by atoms with Crippen molar-refractivity contribution < 1.29 is 42.2 Å². The van der Waals surface area contributed by atoms with E-state index < -0.39 is 65.4 Å². The molecule has 0 spiro atoms. The first-order valence-electron chi connectivity index (χ1n) is 14.3. The number of nitrogens with one attached hydrogen (secondary N) is 2. The largest absolute Gasteiger partial charge is 0.508 e. The number of carbonyl (C=O) groups excluding carboxylic acids is 3. The molecule has 3 aromatic carbocycles.